The Morgan fingerprint density at radius 2 is 2.00 bits per heavy atom. The molecule has 0 unspecified atom stereocenters. The van der Waals surface area contributed by atoms with Gasteiger partial charge < -0.3 is 10.5 Å². The van der Waals surface area contributed by atoms with Crippen LogP contribution < -0.4 is 5.73 Å². The van der Waals surface area contributed by atoms with E-state index in [2.05, 4.69) is 15.0 Å². The van der Waals surface area contributed by atoms with Crippen molar-refractivity contribution in [3.8, 4) is 10.6 Å². The third kappa shape index (κ3) is 3.02. The van der Waals surface area contributed by atoms with Gasteiger partial charge in [0.2, 0.25) is 0 Å². The molecule has 0 fully saturated rings. The van der Waals surface area contributed by atoms with Crippen molar-refractivity contribution in [2.75, 3.05) is 12.8 Å². The molecule has 0 aliphatic rings. The summed E-state index contributed by atoms with van der Waals surface area (Å²) in [5, 5.41) is 0.623. The minimum atomic E-state index is -0.393. The quantitative estimate of drug-likeness (QED) is 0.857. The number of rotatable bonds is 2. The second-order valence-electron chi connectivity index (χ2n) is 5.65. The summed E-state index contributed by atoms with van der Waals surface area (Å²) in [5.74, 6) is 0.556. The molecule has 2 rings (SSSR count). The molecule has 0 radical (unpaired) electrons. The largest absolute Gasteiger partial charge is 0.465 e. The van der Waals surface area contributed by atoms with Gasteiger partial charge in [0.1, 0.15) is 21.5 Å². The molecule has 6 nitrogen and oxygen atoms in total. The third-order valence-electron chi connectivity index (χ3n) is 2.88. The summed E-state index contributed by atoms with van der Waals surface area (Å²) in [6.07, 6.45) is 1.63. The highest BCUT2D eigenvalue weighted by molar-refractivity contribution is 7.17. The monoisotopic (exact) mass is 306 g/mol. The molecular weight excluding hydrogens is 288 g/mol. The fourth-order valence-electron chi connectivity index (χ4n) is 1.83. The van der Waals surface area contributed by atoms with Crippen LogP contribution >= 0.6 is 11.3 Å². The Labute approximate surface area is 127 Å². The van der Waals surface area contributed by atoms with Crippen molar-refractivity contribution in [1.29, 1.82) is 0 Å². The average molecular weight is 306 g/mol. The zero-order chi connectivity index (χ0) is 15.8. The number of carbonyl (C=O) groups is 1. The number of esters is 1. The molecule has 21 heavy (non-hydrogen) atoms. The standard InChI is InChI=1S/C14H18N4O2S/c1-7-16-6-8(11(15)17-7)12-18-10(14(2,3)4)9(21-12)13(19)20-5/h6H,1-5H3,(H2,15,16,17). The Balaban J connectivity index is 2.61. The zero-order valence-corrected chi connectivity index (χ0v) is 13.5. The summed E-state index contributed by atoms with van der Waals surface area (Å²) < 4.78 is 4.84. The maximum absolute atomic E-state index is 12.0. The lowest BCUT2D eigenvalue weighted by Crippen LogP contribution is -2.16. The van der Waals surface area contributed by atoms with Crippen LogP contribution in [0.4, 0.5) is 5.82 Å². The lowest BCUT2D eigenvalue weighted by atomic mass is 9.91. The highest BCUT2D eigenvalue weighted by Gasteiger charge is 2.28. The Hall–Kier alpha value is -2.02. The van der Waals surface area contributed by atoms with E-state index < -0.39 is 5.97 Å². The van der Waals surface area contributed by atoms with Crippen LogP contribution in [0.2, 0.25) is 0 Å². The summed E-state index contributed by atoms with van der Waals surface area (Å²) >= 11 is 1.25. The predicted octanol–water partition coefficient (Wildman–Crippen LogP) is 2.57. The summed E-state index contributed by atoms with van der Waals surface area (Å²) in [5.41, 5.74) is 6.97. The molecule has 0 amide bonds. The van der Waals surface area contributed by atoms with E-state index in [0.29, 0.717) is 32.8 Å². The van der Waals surface area contributed by atoms with Crippen molar-refractivity contribution in [1.82, 2.24) is 15.0 Å². The van der Waals surface area contributed by atoms with Gasteiger partial charge in [-0.15, -0.1) is 11.3 Å². The average Bonchev–Trinajstić information content (AvgIpc) is 2.82. The molecule has 0 aliphatic heterocycles. The Morgan fingerprint density at radius 3 is 2.52 bits per heavy atom. The van der Waals surface area contributed by atoms with Gasteiger partial charge in [0.25, 0.3) is 0 Å². The molecule has 2 N–H and O–H groups in total. The second-order valence-corrected chi connectivity index (χ2v) is 6.65. The lowest BCUT2D eigenvalue weighted by molar-refractivity contribution is 0.0603. The fraction of sp³-hybridized carbons (Fsp3) is 0.429. The van der Waals surface area contributed by atoms with E-state index >= 15 is 0 Å². The highest BCUT2D eigenvalue weighted by Crippen LogP contribution is 2.36. The summed E-state index contributed by atoms with van der Waals surface area (Å²) in [6.45, 7) is 7.75. The van der Waals surface area contributed by atoms with Gasteiger partial charge in [-0.3, -0.25) is 0 Å². The van der Waals surface area contributed by atoms with Gasteiger partial charge in [0, 0.05) is 11.6 Å². The fourth-order valence-corrected chi connectivity index (χ4v) is 3.04. The minimum absolute atomic E-state index is 0.279. The molecule has 0 atom stereocenters. The van der Waals surface area contributed by atoms with Crippen molar-refractivity contribution in [3.63, 3.8) is 0 Å². The lowest BCUT2D eigenvalue weighted by Gasteiger charge is -2.16. The summed E-state index contributed by atoms with van der Waals surface area (Å²) in [6, 6.07) is 0. The van der Waals surface area contributed by atoms with E-state index in [9.17, 15) is 4.79 Å². The van der Waals surface area contributed by atoms with E-state index in [1.807, 2.05) is 20.8 Å². The van der Waals surface area contributed by atoms with E-state index in [1.54, 1.807) is 13.1 Å². The smallest absolute Gasteiger partial charge is 0.350 e. The topological polar surface area (TPSA) is 91.0 Å². The van der Waals surface area contributed by atoms with Crippen LogP contribution in [0.15, 0.2) is 6.20 Å². The molecule has 0 bridgehead atoms. The Morgan fingerprint density at radius 1 is 1.33 bits per heavy atom. The van der Waals surface area contributed by atoms with Gasteiger partial charge in [-0.05, 0) is 6.92 Å². The first-order chi connectivity index (χ1) is 9.74. The van der Waals surface area contributed by atoms with Gasteiger partial charge in [0.05, 0.1) is 18.4 Å². The number of aromatic nitrogens is 3. The van der Waals surface area contributed by atoms with Crippen LogP contribution in [0.5, 0.6) is 0 Å². The van der Waals surface area contributed by atoms with E-state index in [0.717, 1.165) is 0 Å². The van der Waals surface area contributed by atoms with Crippen LogP contribution in [0, 0.1) is 6.92 Å². The SMILES string of the molecule is COC(=O)c1sc(-c2cnc(C)nc2N)nc1C(C)(C)C. The van der Waals surface area contributed by atoms with Crippen LogP contribution in [0.1, 0.15) is 42.0 Å². The molecule has 0 aliphatic carbocycles. The van der Waals surface area contributed by atoms with E-state index in [4.69, 9.17) is 10.5 Å². The van der Waals surface area contributed by atoms with Crippen molar-refractivity contribution in [2.45, 2.75) is 33.1 Å². The second kappa shape index (κ2) is 5.40. The number of thiazole rings is 1. The zero-order valence-electron chi connectivity index (χ0n) is 12.7. The predicted molar refractivity (Wildman–Crippen MR) is 82.3 cm³/mol. The summed E-state index contributed by atoms with van der Waals surface area (Å²) in [4.78, 5) is 25.3. The number of carbonyl (C=O) groups excluding carboxylic acids is 1. The number of nitrogens with two attached hydrogens (primary N) is 1. The van der Waals surface area contributed by atoms with E-state index in [-0.39, 0.29) is 5.41 Å². The molecule has 0 saturated carbocycles. The van der Waals surface area contributed by atoms with Gasteiger partial charge >= 0.3 is 5.97 Å². The molecule has 0 aromatic carbocycles. The normalized spacial score (nSPS) is 11.5. The van der Waals surface area contributed by atoms with Gasteiger partial charge in [-0.25, -0.2) is 19.7 Å². The number of aryl methyl sites for hydroxylation is 1. The maximum Gasteiger partial charge on any atom is 0.350 e. The molecule has 7 heteroatoms. The third-order valence-corrected chi connectivity index (χ3v) is 3.95. The number of ether oxygens (including phenoxy) is 1. The minimum Gasteiger partial charge on any atom is -0.465 e. The molecule has 0 saturated heterocycles. The van der Waals surface area contributed by atoms with Crippen molar-refractivity contribution < 1.29 is 9.53 Å². The van der Waals surface area contributed by atoms with E-state index in [1.165, 1.54) is 18.4 Å². The van der Waals surface area contributed by atoms with Gasteiger partial charge in [-0.2, -0.15) is 0 Å². The van der Waals surface area contributed by atoms with Crippen LogP contribution in [0.25, 0.3) is 10.6 Å². The number of hydrogen-bond acceptors (Lipinski definition) is 7. The van der Waals surface area contributed by atoms with Gasteiger partial charge in [-0.1, -0.05) is 20.8 Å². The Bertz CT molecular complexity index is 689. The van der Waals surface area contributed by atoms with Crippen LogP contribution in [-0.4, -0.2) is 28.0 Å². The maximum atomic E-state index is 12.0. The molecule has 0 spiro atoms. The Kier molecular flexibility index (Phi) is 3.95. The highest BCUT2D eigenvalue weighted by atomic mass is 32.1. The van der Waals surface area contributed by atoms with Crippen molar-refractivity contribution >= 4 is 23.1 Å². The van der Waals surface area contributed by atoms with Crippen LogP contribution in [-0.2, 0) is 10.2 Å². The molecular formula is C14H18N4O2S. The molecule has 2 aromatic heterocycles. The van der Waals surface area contributed by atoms with Crippen molar-refractivity contribution in [3.05, 3.63) is 22.6 Å². The number of nitrogens with zero attached hydrogens (tertiary/aromatic N) is 3. The molecule has 112 valence electrons. The first kappa shape index (κ1) is 15.4. The van der Waals surface area contributed by atoms with Gasteiger partial charge in [0.15, 0.2) is 0 Å². The first-order valence-electron chi connectivity index (χ1n) is 6.43. The molecule has 2 heterocycles. The first-order valence-corrected chi connectivity index (χ1v) is 7.24. The van der Waals surface area contributed by atoms with Crippen molar-refractivity contribution in [2.24, 2.45) is 0 Å². The molecule has 2 aromatic rings. The van der Waals surface area contributed by atoms with Crippen LogP contribution in [0.3, 0.4) is 0 Å². The number of anilines is 1. The number of methoxy groups -OCH3 is 1. The number of hydrogen-bond donors (Lipinski definition) is 1. The summed E-state index contributed by atoms with van der Waals surface area (Å²) in [7, 11) is 1.36. The number of nitrogen functional groups attached to an aromatic ring is 1.